The fraction of sp³-hybridized carbons (Fsp3) is 0.909. The number of rotatable bonds is 3. The molecule has 0 aromatic carbocycles. The summed E-state index contributed by atoms with van der Waals surface area (Å²) in [7, 11) is 0. The molecular formula is C11H18N2. The summed E-state index contributed by atoms with van der Waals surface area (Å²) in [6.45, 7) is 5.44. The highest BCUT2D eigenvalue weighted by Gasteiger charge is 2.53. The molecule has 1 atom stereocenters. The van der Waals surface area contributed by atoms with Crippen LogP contribution in [0.1, 0.15) is 39.5 Å². The first-order valence-corrected chi connectivity index (χ1v) is 5.26. The SMILES string of the molecule is CC1(C)CCC1(C#N)NCC1CC1. The molecule has 0 aromatic heterocycles. The van der Waals surface area contributed by atoms with Crippen LogP contribution in [0.25, 0.3) is 0 Å². The minimum Gasteiger partial charge on any atom is -0.299 e. The Morgan fingerprint density at radius 2 is 2.08 bits per heavy atom. The second-order valence-electron chi connectivity index (χ2n) is 5.23. The van der Waals surface area contributed by atoms with Crippen LogP contribution in [0.4, 0.5) is 0 Å². The van der Waals surface area contributed by atoms with E-state index in [-0.39, 0.29) is 11.0 Å². The average molecular weight is 178 g/mol. The van der Waals surface area contributed by atoms with Gasteiger partial charge in [0.15, 0.2) is 0 Å². The molecule has 1 unspecified atom stereocenters. The van der Waals surface area contributed by atoms with Gasteiger partial charge in [-0.2, -0.15) is 5.26 Å². The monoisotopic (exact) mass is 178 g/mol. The van der Waals surface area contributed by atoms with E-state index in [1.165, 1.54) is 19.3 Å². The van der Waals surface area contributed by atoms with Gasteiger partial charge in [-0.25, -0.2) is 0 Å². The van der Waals surface area contributed by atoms with Crippen molar-refractivity contribution in [1.82, 2.24) is 5.32 Å². The van der Waals surface area contributed by atoms with Crippen molar-refractivity contribution in [3.63, 3.8) is 0 Å². The Morgan fingerprint density at radius 1 is 1.38 bits per heavy atom. The van der Waals surface area contributed by atoms with Crippen molar-refractivity contribution in [3.05, 3.63) is 0 Å². The molecule has 13 heavy (non-hydrogen) atoms. The molecule has 2 nitrogen and oxygen atoms in total. The molecular weight excluding hydrogens is 160 g/mol. The zero-order valence-corrected chi connectivity index (χ0v) is 8.56. The van der Waals surface area contributed by atoms with Crippen molar-refractivity contribution in [1.29, 1.82) is 5.26 Å². The Morgan fingerprint density at radius 3 is 2.38 bits per heavy atom. The molecule has 2 aliphatic carbocycles. The van der Waals surface area contributed by atoms with Crippen molar-refractivity contribution in [3.8, 4) is 6.07 Å². The van der Waals surface area contributed by atoms with Crippen LogP contribution in [-0.2, 0) is 0 Å². The van der Waals surface area contributed by atoms with Crippen molar-refractivity contribution in [2.75, 3.05) is 6.54 Å². The molecule has 2 fully saturated rings. The Hall–Kier alpha value is -0.550. The number of nitrogens with zero attached hydrogens (tertiary/aromatic N) is 1. The Labute approximate surface area is 80.3 Å². The Balaban J connectivity index is 1.95. The predicted octanol–water partition coefficient (Wildman–Crippen LogP) is 2.07. The van der Waals surface area contributed by atoms with Gasteiger partial charge in [0.05, 0.1) is 6.07 Å². The second kappa shape index (κ2) is 2.72. The normalized spacial score (nSPS) is 36.4. The summed E-state index contributed by atoms with van der Waals surface area (Å²) in [5.41, 5.74) is -0.0355. The number of nitrogens with one attached hydrogen (secondary N) is 1. The highest BCUT2D eigenvalue weighted by atomic mass is 15.0. The smallest absolute Gasteiger partial charge is 0.111 e. The third-order valence-electron chi connectivity index (χ3n) is 3.86. The third kappa shape index (κ3) is 1.36. The molecule has 0 bridgehead atoms. The first-order valence-electron chi connectivity index (χ1n) is 5.26. The minimum atomic E-state index is -0.213. The molecule has 0 amide bonds. The lowest BCUT2D eigenvalue weighted by Gasteiger charge is -2.52. The molecule has 0 aliphatic heterocycles. The quantitative estimate of drug-likeness (QED) is 0.718. The number of hydrogen-bond acceptors (Lipinski definition) is 2. The zero-order chi connectivity index (χ0) is 9.53. The molecule has 0 aromatic rings. The van der Waals surface area contributed by atoms with Crippen LogP contribution in [0, 0.1) is 22.7 Å². The van der Waals surface area contributed by atoms with Crippen LogP contribution in [0.15, 0.2) is 0 Å². The molecule has 2 aliphatic rings. The fourth-order valence-electron chi connectivity index (χ4n) is 2.09. The van der Waals surface area contributed by atoms with E-state index in [2.05, 4.69) is 25.2 Å². The van der Waals surface area contributed by atoms with Crippen LogP contribution in [0.5, 0.6) is 0 Å². The van der Waals surface area contributed by atoms with E-state index < -0.39 is 0 Å². The van der Waals surface area contributed by atoms with Gasteiger partial charge in [-0.1, -0.05) is 13.8 Å². The summed E-state index contributed by atoms with van der Waals surface area (Å²) < 4.78 is 0. The van der Waals surface area contributed by atoms with Gasteiger partial charge in [0, 0.05) is 0 Å². The van der Waals surface area contributed by atoms with Crippen molar-refractivity contribution >= 4 is 0 Å². The predicted molar refractivity (Wildman–Crippen MR) is 52.1 cm³/mol. The van der Waals surface area contributed by atoms with Crippen LogP contribution in [0.2, 0.25) is 0 Å². The number of nitriles is 1. The molecule has 0 saturated heterocycles. The van der Waals surface area contributed by atoms with Gasteiger partial charge in [0.25, 0.3) is 0 Å². The summed E-state index contributed by atoms with van der Waals surface area (Å²) in [5, 5.41) is 12.7. The summed E-state index contributed by atoms with van der Waals surface area (Å²) >= 11 is 0. The van der Waals surface area contributed by atoms with Crippen LogP contribution >= 0.6 is 0 Å². The third-order valence-corrected chi connectivity index (χ3v) is 3.86. The Kier molecular flexibility index (Phi) is 1.89. The van der Waals surface area contributed by atoms with E-state index in [9.17, 15) is 5.26 Å². The molecule has 0 heterocycles. The zero-order valence-electron chi connectivity index (χ0n) is 8.56. The second-order valence-corrected chi connectivity index (χ2v) is 5.23. The van der Waals surface area contributed by atoms with Crippen molar-refractivity contribution in [2.24, 2.45) is 11.3 Å². The van der Waals surface area contributed by atoms with Gasteiger partial charge >= 0.3 is 0 Å². The van der Waals surface area contributed by atoms with Gasteiger partial charge in [-0.3, -0.25) is 5.32 Å². The summed E-state index contributed by atoms with van der Waals surface area (Å²) in [5.74, 6) is 0.863. The van der Waals surface area contributed by atoms with E-state index >= 15 is 0 Å². The molecule has 0 radical (unpaired) electrons. The maximum Gasteiger partial charge on any atom is 0.111 e. The summed E-state index contributed by atoms with van der Waals surface area (Å²) in [4.78, 5) is 0. The van der Waals surface area contributed by atoms with E-state index in [1.807, 2.05) is 0 Å². The van der Waals surface area contributed by atoms with Crippen LogP contribution in [0.3, 0.4) is 0 Å². The van der Waals surface area contributed by atoms with Gasteiger partial charge in [-0.15, -0.1) is 0 Å². The lowest BCUT2D eigenvalue weighted by atomic mass is 9.57. The Bertz CT molecular complexity index is 247. The fourth-order valence-corrected chi connectivity index (χ4v) is 2.09. The van der Waals surface area contributed by atoms with E-state index in [1.54, 1.807) is 0 Å². The average Bonchev–Trinajstić information content (AvgIpc) is 2.88. The maximum atomic E-state index is 9.19. The topological polar surface area (TPSA) is 35.8 Å². The van der Waals surface area contributed by atoms with E-state index in [4.69, 9.17) is 0 Å². The standard InChI is InChI=1S/C11H18N2/c1-10(2)5-6-11(10,8-12)13-7-9-3-4-9/h9,13H,3-7H2,1-2H3. The molecule has 0 spiro atoms. The van der Waals surface area contributed by atoms with Gasteiger partial charge in [0.1, 0.15) is 5.54 Å². The first-order chi connectivity index (χ1) is 6.10. The lowest BCUT2D eigenvalue weighted by Crippen LogP contribution is -2.62. The van der Waals surface area contributed by atoms with E-state index in [0.29, 0.717) is 0 Å². The highest BCUT2D eigenvalue weighted by Crippen LogP contribution is 2.49. The molecule has 2 saturated carbocycles. The van der Waals surface area contributed by atoms with Crippen molar-refractivity contribution < 1.29 is 0 Å². The van der Waals surface area contributed by atoms with E-state index in [0.717, 1.165) is 18.9 Å². The molecule has 2 heteroatoms. The van der Waals surface area contributed by atoms with Crippen LogP contribution in [-0.4, -0.2) is 12.1 Å². The summed E-state index contributed by atoms with van der Waals surface area (Å²) in [6.07, 6.45) is 4.92. The first kappa shape index (κ1) is 9.02. The molecule has 2 rings (SSSR count). The van der Waals surface area contributed by atoms with Crippen molar-refractivity contribution in [2.45, 2.75) is 45.1 Å². The largest absolute Gasteiger partial charge is 0.299 e. The maximum absolute atomic E-state index is 9.19. The summed E-state index contributed by atoms with van der Waals surface area (Å²) in [6, 6.07) is 2.48. The van der Waals surface area contributed by atoms with Gasteiger partial charge in [0.2, 0.25) is 0 Å². The lowest BCUT2D eigenvalue weighted by molar-refractivity contribution is 0.0469. The van der Waals surface area contributed by atoms with Crippen LogP contribution < -0.4 is 5.32 Å². The molecule has 72 valence electrons. The molecule has 1 N–H and O–H groups in total. The highest BCUT2D eigenvalue weighted by molar-refractivity contribution is 5.21. The number of hydrogen-bond donors (Lipinski definition) is 1. The van der Waals surface area contributed by atoms with Gasteiger partial charge < -0.3 is 0 Å². The minimum absolute atomic E-state index is 0.177. The van der Waals surface area contributed by atoms with Gasteiger partial charge in [-0.05, 0) is 43.6 Å².